The van der Waals surface area contributed by atoms with Gasteiger partial charge in [-0.1, -0.05) is 37.5 Å². The van der Waals surface area contributed by atoms with Crippen molar-refractivity contribution in [2.45, 2.75) is 63.0 Å². The monoisotopic (exact) mass is 494 g/mol. The summed E-state index contributed by atoms with van der Waals surface area (Å²) in [6, 6.07) is 21.2. The number of hydrogen-bond donors (Lipinski definition) is 0. The Hall–Kier alpha value is -3.47. The van der Waals surface area contributed by atoms with Gasteiger partial charge in [0.1, 0.15) is 11.5 Å². The zero-order chi connectivity index (χ0) is 25.0. The van der Waals surface area contributed by atoms with Gasteiger partial charge >= 0.3 is 5.97 Å². The first-order valence-electron chi connectivity index (χ1n) is 13.9. The minimum atomic E-state index is -1.01. The van der Waals surface area contributed by atoms with Crippen LogP contribution in [0.2, 0.25) is 0 Å². The van der Waals surface area contributed by atoms with Gasteiger partial charge in [-0.25, -0.2) is 4.79 Å². The number of nitrogens with zero attached hydrogens (tertiary/aromatic N) is 2. The maximum absolute atomic E-state index is 13.2. The van der Waals surface area contributed by atoms with Crippen LogP contribution in [-0.2, 0) is 10.3 Å². The largest absolute Gasteiger partial charge is 0.456 e. The maximum atomic E-state index is 13.2. The molecule has 0 radical (unpaired) electrons. The van der Waals surface area contributed by atoms with Gasteiger partial charge in [-0.2, -0.15) is 0 Å². The van der Waals surface area contributed by atoms with E-state index >= 15 is 0 Å². The fourth-order valence-corrected chi connectivity index (χ4v) is 6.90. The summed E-state index contributed by atoms with van der Waals surface area (Å²) in [6.45, 7) is 2.10. The molecule has 1 aliphatic carbocycles. The minimum Gasteiger partial charge on any atom is -0.456 e. The van der Waals surface area contributed by atoms with E-state index in [1.54, 1.807) is 0 Å². The van der Waals surface area contributed by atoms with Gasteiger partial charge in [0.15, 0.2) is 5.60 Å². The Labute approximate surface area is 219 Å². The van der Waals surface area contributed by atoms with Crippen LogP contribution in [0.3, 0.4) is 0 Å². The lowest BCUT2D eigenvalue weighted by molar-refractivity contribution is 0.0224. The van der Waals surface area contributed by atoms with Crippen molar-refractivity contribution in [3.05, 3.63) is 82.9 Å². The van der Waals surface area contributed by atoms with Crippen LogP contribution < -0.4 is 14.5 Å². The van der Waals surface area contributed by atoms with Gasteiger partial charge in [0.05, 0.1) is 5.56 Å². The minimum absolute atomic E-state index is 0.277. The average Bonchev–Trinajstić information content (AvgIpc) is 3.26. The topological polar surface area (TPSA) is 42.0 Å². The van der Waals surface area contributed by atoms with E-state index in [0.29, 0.717) is 11.6 Å². The molecule has 3 heterocycles. The van der Waals surface area contributed by atoms with E-state index in [-0.39, 0.29) is 5.97 Å². The van der Waals surface area contributed by atoms with Crippen molar-refractivity contribution >= 4 is 17.3 Å². The van der Waals surface area contributed by atoms with Crippen molar-refractivity contribution in [2.24, 2.45) is 0 Å². The third-order valence-electron chi connectivity index (χ3n) is 8.93. The van der Waals surface area contributed by atoms with Crippen molar-refractivity contribution in [1.82, 2.24) is 0 Å². The molecular weight excluding hydrogens is 460 g/mol. The normalized spacial score (nSPS) is 22.6. The highest BCUT2D eigenvalue weighted by atomic mass is 16.6. The molecule has 3 aliphatic heterocycles. The second kappa shape index (κ2) is 8.83. The lowest BCUT2D eigenvalue weighted by Gasteiger charge is -2.39. The molecule has 2 fully saturated rings. The van der Waals surface area contributed by atoms with E-state index < -0.39 is 5.60 Å². The summed E-state index contributed by atoms with van der Waals surface area (Å²) < 4.78 is 13.0. The standard InChI is InChI=1S/C32H34N2O3/c1-33(22-10-4-2-5-11-22)23-14-16-27-30(21-23)36-29-17-15-24(34-18-8-3-9-19-34)20-28(29)32(27)26-13-7-6-12-25(26)31(35)37-32/h6-7,12-17,20-22H,2-5,8-11,18-19H2,1H3. The third kappa shape index (κ3) is 3.54. The molecule has 37 heavy (non-hydrogen) atoms. The van der Waals surface area contributed by atoms with E-state index in [1.807, 2.05) is 24.3 Å². The molecule has 1 unspecified atom stereocenters. The summed E-state index contributed by atoms with van der Waals surface area (Å²) in [5, 5.41) is 0. The van der Waals surface area contributed by atoms with Crippen LogP contribution in [0.1, 0.15) is 78.4 Å². The van der Waals surface area contributed by atoms with Gasteiger partial charge < -0.3 is 19.3 Å². The number of esters is 1. The van der Waals surface area contributed by atoms with Gasteiger partial charge in [-0.15, -0.1) is 0 Å². The second-order valence-electron chi connectivity index (χ2n) is 11.0. The van der Waals surface area contributed by atoms with Crippen LogP contribution in [0.5, 0.6) is 11.5 Å². The summed E-state index contributed by atoms with van der Waals surface area (Å²) in [5.41, 5.74) is 4.64. The lowest BCUT2D eigenvalue weighted by atomic mass is 9.77. The number of piperidine rings is 1. The highest BCUT2D eigenvalue weighted by Crippen LogP contribution is 2.57. The summed E-state index contributed by atoms with van der Waals surface area (Å²) in [5.74, 6) is 1.25. The molecule has 0 amide bonds. The van der Waals surface area contributed by atoms with E-state index in [9.17, 15) is 4.79 Å². The van der Waals surface area contributed by atoms with Gasteiger partial charge in [-0.3, -0.25) is 0 Å². The zero-order valence-corrected chi connectivity index (χ0v) is 21.5. The van der Waals surface area contributed by atoms with E-state index in [4.69, 9.17) is 9.47 Å². The van der Waals surface area contributed by atoms with Crippen LogP contribution in [0, 0.1) is 0 Å². The highest BCUT2D eigenvalue weighted by molar-refractivity contribution is 5.97. The molecule has 0 N–H and O–H groups in total. The number of carbonyl (C=O) groups excluding carboxylic acids is 1. The number of benzene rings is 3. The van der Waals surface area contributed by atoms with Crippen LogP contribution >= 0.6 is 0 Å². The number of hydrogen-bond acceptors (Lipinski definition) is 5. The van der Waals surface area contributed by atoms with E-state index in [0.717, 1.165) is 47.0 Å². The average molecular weight is 495 g/mol. The van der Waals surface area contributed by atoms with Gasteiger partial charge in [0.2, 0.25) is 0 Å². The zero-order valence-electron chi connectivity index (χ0n) is 21.5. The smallest absolute Gasteiger partial charge is 0.340 e. The molecule has 1 saturated heterocycles. The summed E-state index contributed by atoms with van der Waals surface area (Å²) in [7, 11) is 2.19. The molecule has 3 aromatic rings. The molecule has 7 rings (SSSR count). The Bertz CT molecular complexity index is 1360. The van der Waals surface area contributed by atoms with Crippen molar-refractivity contribution in [2.75, 3.05) is 29.9 Å². The molecule has 190 valence electrons. The van der Waals surface area contributed by atoms with Crippen LogP contribution in [0.25, 0.3) is 0 Å². The summed E-state index contributed by atoms with van der Waals surface area (Å²) >= 11 is 0. The number of anilines is 2. The summed E-state index contributed by atoms with van der Waals surface area (Å²) in [6.07, 6.45) is 10.1. The number of rotatable bonds is 3. The lowest BCUT2D eigenvalue weighted by Crippen LogP contribution is -2.35. The van der Waals surface area contributed by atoms with Crippen molar-refractivity contribution in [3.63, 3.8) is 0 Å². The molecule has 1 spiro atoms. The molecule has 4 aliphatic rings. The predicted molar refractivity (Wildman–Crippen MR) is 146 cm³/mol. The number of carbonyl (C=O) groups is 1. The molecule has 3 aromatic carbocycles. The maximum Gasteiger partial charge on any atom is 0.340 e. The van der Waals surface area contributed by atoms with E-state index in [2.05, 4.69) is 53.2 Å². The number of fused-ring (bicyclic) bond motifs is 6. The third-order valence-corrected chi connectivity index (χ3v) is 8.93. The van der Waals surface area contributed by atoms with Crippen molar-refractivity contribution < 1.29 is 14.3 Å². The quantitative estimate of drug-likeness (QED) is 0.366. The van der Waals surface area contributed by atoms with Crippen molar-refractivity contribution in [3.8, 4) is 11.5 Å². The molecule has 0 aromatic heterocycles. The first-order chi connectivity index (χ1) is 18.1. The van der Waals surface area contributed by atoms with Crippen LogP contribution in [-0.4, -0.2) is 32.1 Å². The SMILES string of the molecule is CN(c1ccc2c(c1)Oc1ccc(N3CCCCC3)cc1C21OC(=O)c2ccccc21)C1CCCCC1. The fourth-order valence-electron chi connectivity index (χ4n) is 6.90. The Morgan fingerprint density at radius 1 is 0.811 bits per heavy atom. The Morgan fingerprint density at radius 3 is 2.43 bits per heavy atom. The molecule has 1 atom stereocenters. The Balaban J connectivity index is 1.38. The molecule has 5 heteroatoms. The van der Waals surface area contributed by atoms with Gasteiger partial charge in [-0.05, 0) is 68.5 Å². The van der Waals surface area contributed by atoms with Crippen molar-refractivity contribution in [1.29, 1.82) is 0 Å². The Kier molecular flexibility index (Phi) is 5.42. The molecule has 5 nitrogen and oxygen atoms in total. The first-order valence-corrected chi connectivity index (χ1v) is 13.9. The van der Waals surface area contributed by atoms with Crippen LogP contribution in [0.4, 0.5) is 11.4 Å². The summed E-state index contributed by atoms with van der Waals surface area (Å²) in [4.78, 5) is 18.1. The second-order valence-corrected chi connectivity index (χ2v) is 11.0. The van der Waals surface area contributed by atoms with Gasteiger partial charge in [0, 0.05) is 60.3 Å². The van der Waals surface area contributed by atoms with E-state index in [1.165, 1.54) is 57.1 Å². The Morgan fingerprint density at radius 2 is 1.59 bits per heavy atom. The fraction of sp³-hybridized carbons (Fsp3) is 0.406. The molecule has 0 bridgehead atoms. The first kappa shape index (κ1) is 22.7. The molecular formula is C32H34N2O3. The highest BCUT2D eigenvalue weighted by Gasteiger charge is 2.53. The van der Waals surface area contributed by atoms with Crippen LogP contribution in [0.15, 0.2) is 60.7 Å². The van der Waals surface area contributed by atoms with Gasteiger partial charge in [0.25, 0.3) is 0 Å². The molecule has 1 saturated carbocycles. The number of ether oxygens (including phenoxy) is 2. The predicted octanol–water partition coefficient (Wildman–Crippen LogP) is 7.01.